The van der Waals surface area contributed by atoms with Gasteiger partial charge >= 0.3 is 0 Å². The molecular weight excluding hydrogens is 651 g/mol. The zero-order chi connectivity index (χ0) is 36.2. The highest BCUT2D eigenvalue weighted by Crippen LogP contribution is 2.63. The summed E-state index contributed by atoms with van der Waals surface area (Å²) < 4.78 is 0. The first-order valence-corrected chi connectivity index (χ1v) is 19.1. The topological polar surface area (TPSA) is 3.24 Å². The average molecular weight is 690 g/mol. The van der Waals surface area contributed by atoms with E-state index in [0.29, 0.717) is 0 Å². The van der Waals surface area contributed by atoms with Crippen LogP contribution in [-0.2, 0) is 10.8 Å². The standard InChI is InChI=1S/C53H39N/c1-52(2,3)34-24-26-35(27-25-34)54(36-28-30-42-40-16-5-4-14-38(40)39-15-6-7-17-41(39)47(42)32-36)37-29-31-46-45-20-10-13-23-50(45)53(51(46)33-37)48-21-11-8-18-43(48)44-19-9-12-22-49(44)53/h4-33H,1-3H3. The molecular formula is C53H39N. The van der Waals surface area contributed by atoms with E-state index in [-0.39, 0.29) is 5.41 Å². The molecule has 0 saturated heterocycles. The van der Waals surface area contributed by atoms with Gasteiger partial charge in [0.1, 0.15) is 0 Å². The van der Waals surface area contributed by atoms with Crippen LogP contribution >= 0.6 is 0 Å². The monoisotopic (exact) mass is 689 g/mol. The second kappa shape index (κ2) is 11.3. The van der Waals surface area contributed by atoms with Crippen LogP contribution < -0.4 is 4.90 Å². The zero-order valence-corrected chi connectivity index (χ0v) is 30.8. The molecule has 1 nitrogen and oxygen atoms in total. The van der Waals surface area contributed by atoms with E-state index >= 15 is 0 Å². The van der Waals surface area contributed by atoms with Crippen LogP contribution in [0.4, 0.5) is 17.1 Å². The van der Waals surface area contributed by atoms with E-state index in [4.69, 9.17) is 0 Å². The third-order valence-electron chi connectivity index (χ3n) is 12.2. The quantitative estimate of drug-likeness (QED) is 0.167. The summed E-state index contributed by atoms with van der Waals surface area (Å²) in [6.07, 6.45) is 0. The van der Waals surface area contributed by atoms with E-state index in [1.807, 2.05) is 0 Å². The molecule has 0 amide bonds. The second-order valence-electron chi connectivity index (χ2n) is 16.1. The lowest BCUT2D eigenvalue weighted by Gasteiger charge is -2.32. The van der Waals surface area contributed by atoms with E-state index in [1.165, 1.54) is 82.4 Å². The van der Waals surface area contributed by atoms with E-state index in [1.54, 1.807) is 0 Å². The van der Waals surface area contributed by atoms with Crippen molar-refractivity contribution in [3.8, 4) is 22.3 Å². The predicted molar refractivity (Wildman–Crippen MR) is 229 cm³/mol. The molecule has 1 heteroatoms. The van der Waals surface area contributed by atoms with Crippen LogP contribution in [0.3, 0.4) is 0 Å². The highest BCUT2D eigenvalue weighted by atomic mass is 15.1. The van der Waals surface area contributed by atoms with Crippen LogP contribution in [0.15, 0.2) is 182 Å². The van der Waals surface area contributed by atoms with Crippen LogP contribution in [-0.4, -0.2) is 0 Å². The van der Waals surface area contributed by atoms with E-state index in [0.717, 1.165) is 17.1 Å². The molecule has 9 aromatic carbocycles. The van der Waals surface area contributed by atoms with E-state index in [2.05, 4.69) is 208 Å². The minimum atomic E-state index is -0.407. The minimum Gasteiger partial charge on any atom is -0.310 e. The van der Waals surface area contributed by atoms with Gasteiger partial charge in [-0.15, -0.1) is 0 Å². The molecule has 2 aliphatic carbocycles. The number of hydrogen-bond donors (Lipinski definition) is 0. The van der Waals surface area contributed by atoms with Crippen molar-refractivity contribution in [3.63, 3.8) is 0 Å². The number of fused-ring (bicyclic) bond motifs is 16. The average Bonchev–Trinajstić information content (AvgIpc) is 3.68. The molecule has 0 fully saturated rings. The molecule has 0 radical (unpaired) electrons. The first-order chi connectivity index (χ1) is 26.4. The third kappa shape index (κ3) is 4.21. The SMILES string of the molecule is CC(C)(C)c1ccc(N(c2ccc3c(c2)C2(c4ccccc4-c4ccccc42)c2ccccc2-3)c2ccc3c4ccccc4c4ccccc4c3c2)cc1. The van der Waals surface area contributed by atoms with Gasteiger partial charge in [0.2, 0.25) is 0 Å². The number of rotatable bonds is 3. The Hall–Kier alpha value is -6.44. The summed E-state index contributed by atoms with van der Waals surface area (Å²) in [5.41, 5.74) is 15.1. The first-order valence-electron chi connectivity index (χ1n) is 19.1. The van der Waals surface area contributed by atoms with Crippen molar-refractivity contribution in [2.75, 3.05) is 4.90 Å². The summed E-state index contributed by atoms with van der Waals surface area (Å²) in [5.74, 6) is 0. The van der Waals surface area contributed by atoms with Crippen LogP contribution in [0.2, 0.25) is 0 Å². The molecule has 0 N–H and O–H groups in total. The largest absolute Gasteiger partial charge is 0.310 e. The van der Waals surface area contributed by atoms with Gasteiger partial charge in [0.25, 0.3) is 0 Å². The lowest BCUT2D eigenvalue weighted by atomic mass is 9.70. The van der Waals surface area contributed by atoms with E-state index in [9.17, 15) is 0 Å². The smallest absolute Gasteiger partial charge is 0.0726 e. The molecule has 2 aliphatic rings. The van der Waals surface area contributed by atoms with Gasteiger partial charge in [0, 0.05) is 17.1 Å². The van der Waals surface area contributed by atoms with Crippen molar-refractivity contribution in [2.24, 2.45) is 0 Å². The van der Waals surface area contributed by atoms with Crippen molar-refractivity contribution in [2.45, 2.75) is 31.6 Å². The maximum absolute atomic E-state index is 2.49. The molecule has 0 atom stereocenters. The van der Waals surface area contributed by atoms with Gasteiger partial charge in [0.15, 0.2) is 0 Å². The Morgan fingerprint density at radius 3 is 1.24 bits per heavy atom. The summed E-state index contributed by atoms with van der Waals surface area (Å²) in [6.45, 7) is 6.86. The number of anilines is 3. The Bertz CT molecular complexity index is 2880. The summed E-state index contributed by atoms with van der Waals surface area (Å²) in [6, 6.07) is 68.4. The third-order valence-corrected chi connectivity index (χ3v) is 12.2. The lowest BCUT2D eigenvalue weighted by molar-refractivity contribution is 0.590. The lowest BCUT2D eigenvalue weighted by Crippen LogP contribution is -2.26. The molecule has 9 aromatic rings. The maximum Gasteiger partial charge on any atom is 0.0726 e. The molecule has 54 heavy (non-hydrogen) atoms. The van der Waals surface area contributed by atoms with Crippen molar-refractivity contribution < 1.29 is 0 Å². The predicted octanol–water partition coefficient (Wildman–Crippen LogP) is 14.3. The fraction of sp³-hybridized carbons (Fsp3) is 0.0943. The summed E-state index contributed by atoms with van der Waals surface area (Å²) in [4.78, 5) is 2.47. The summed E-state index contributed by atoms with van der Waals surface area (Å²) >= 11 is 0. The molecule has 0 unspecified atom stereocenters. The van der Waals surface area contributed by atoms with Crippen molar-refractivity contribution in [3.05, 3.63) is 210 Å². The van der Waals surface area contributed by atoms with E-state index < -0.39 is 5.41 Å². The normalized spacial score (nSPS) is 13.6. The Labute approximate surface area is 316 Å². The highest BCUT2D eigenvalue weighted by Gasteiger charge is 2.51. The number of nitrogens with zero attached hydrogens (tertiary/aromatic N) is 1. The van der Waals surface area contributed by atoms with Gasteiger partial charge in [-0.25, -0.2) is 0 Å². The van der Waals surface area contributed by atoms with Crippen LogP contribution in [0, 0.1) is 0 Å². The van der Waals surface area contributed by atoms with Gasteiger partial charge < -0.3 is 4.90 Å². The maximum atomic E-state index is 2.49. The van der Waals surface area contributed by atoms with Gasteiger partial charge in [0.05, 0.1) is 5.41 Å². The Kier molecular flexibility index (Phi) is 6.50. The molecule has 256 valence electrons. The van der Waals surface area contributed by atoms with Gasteiger partial charge in [-0.05, 0) is 124 Å². The van der Waals surface area contributed by atoms with Gasteiger partial charge in [-0.1, -0.05) is 166 Å². The minimum absolute atomic E-state index is 0.0568. The molecule has 0 saturated carbocycles. The molecule has 11 rings (SSSR count). The second-order valence-corrected chi connectivity index (χ2v) is 16.1. The van der Waals surface area contributed by atoms with Crippen LogP contribution in [0.1, 0.15) is 48.6 Å². The summed E-state index contributed by atoms with van der Waals surface area (Å²) in [7, 11) is 0. The Morgan fingerprint density at radius 1 is 0.333 bits per heavy atom. The molecule has 0 bridgehead atoms. The molecule has 1 spiro atoms. The van der Waals surface area contributed by atoms with Gasteiger partial charge in [-0.2, -0.15) is 0 Å². The number of hydrogen-bond acceptors (Lipinski definition) is 1. The zero-order valence-electron chi connectivity index (χ0n) is 30.8. The fourth-order valence-electron chi connectivity index (χ4n) is 9.81. The van der Waals surface area contributed by atoms with Crippen LogP contribution in [0.5, 0.6) is 0 Å². The van der Waals surface area contributed by atoms with Gasteiger partial charge in [-0.3, -0.25) is 0 Å². The van der Waals surface area contributed by atoms with Crippen molar-refractivity contribution in [1.82, 2.24) is 0 Å². The Morgan fingerprint density at radius 2 is 0.722 bits per heavy atom. The molecule has 0 heterocycles. The van der Waals surface area contributed by atoms with Crippen LogP contribution in [0.25, 0.3) is 54.6 Å². The molecule has 0 aliphatic heterocycles. The first kappa shape index (κ1) is 31.1. The summed E-state index contributed by atoms with van der Waals surface area (Å²) in [5, 5.41) is 7.69. The highest BCUT2D eigenvalue weighted by molar-refractivity contribution is 6.25. The number of benzene rings is 9. The molecule has 0 aromatic heterocycles. The fourth-order valence-corrected chi connectivity index (χ4v) is 9.81. The van der Waals surface area contributed by atoms with Crippen molar-refractivity contribution in [1.29, 1.82) is 0 Å². The van der Waals surface area contributed by atoms with Crippen molar-refractivity contribution >= 4 is 49.4 Å². The Balaban J connectivity index is 1.20.